The Morgan fingerprint density at radius 2 is 1.96 bits per heavy atom. The second-order valence-electron chi connectivity index (χ2n) is 6.13. The number of carbonyl (C=O) groups is 1. The van der Waals surface area contributed by atoms with E-state index in [1.54, 1.807) is 4.52 Å². The molecule has 9 heteroatoms. The van der Waals surface area contributed by atoms with Crippen LogP contribution in [0.15, 0.2) is 48.5 Å². The van der Waals surface area contributed by atoms with Gasteiger partial charge in [0.05, 0.1) is 5.02 Å². The number of nitrogens with zero attached hydrogens (tertiary/aromatic N) is 4. The highest BCUT2D eigenvalue weighted by atomic mass is 35.5. The van der Waals surface area contributed by atoms with Crippen LogP contribution in [0, 0.1) is 6.92 Å². The summed E-state index contributed by atoms with van der Waals surface area (Å²) in [4.78, 5) is 14.0. The predicted octanol–water partition coefficient (Wildman–Crippen LogP) is 5.28. The highest BCUT2D eigenvalue weighted by molar-refractivity contribution is 7.21. The molecule has 0 aliphatic carbocycles. The van der Waals surface area contributed by atoms with Gasteiger partial charge in [-0.2, -0.15) is 9.61 Å². The van der Waals surface area contributed by atoms with Crippen molar-refractivity contribution < 1.29 is 4.79 Å². The Labute approximate surface area is 172 Å². The molecule has 138 valence electrons. The molecule has 0 unspecified atom stereocenters. The van der Waals surface area contributed by atoms with Crippen LogP contribution in [0.1, 0.15) is 15.5 Å². The van der Waals surface area contributed by atoms with Crippen LogP contribution in [0.3, 0.4) is 0 Å². The second-order valence-corrected chi connectivity index (χ2v) is 8.51. The lowest BCUT2D eigenvalue weighted by atomic mass is 10.2. The van der Waals surface area contributed by atoms with Crippen molar-refractivity contribution in [1.82, 2.24) is 19.8 Å². The van der Waals surface area contributed by atoms with E-state index in [9.17, 15) is 4.79 Å². The van der Waals surface area contributed by atoms with Gasteiger partial charge in [-0.15, -0.1) is 21.5 Å². The summed E-state index contributed by atoms with van der Waals surface area (Å²) in [5.74, 6) is 0.513. The molecule has 0 atom stereocenters. The van der Waals surface area contributed by atoms with Gasteiger partial charge in [-0.1, -0.05) is 53.3 Å². The van der Waals surface area contributed by atoms with E-state index < -0.39 is 0 Å². The SMILES string of the molecule is Cc1nnc2sc(-c3cccc(NC(=O)c4sc5ccccc5c4Cl)c3)nn12. The third kappa shape index (κ3) is 2.86. The number of nitrogens with one attached hydrogen (secondary N) is 1. The standard InChI is InChI=1S/C19H12ClN5OS2/c1-10-22-23-19-25(10)24-18(28-19)11-5-4-6-12(9-11)21-17(26)16-15(20)13-7-2-3-8-14(13)27-16/h2-9H,1H3,(H,21,26). The van der Waals surface area contributed by atoms with Gasteiger partial charge in [0.25, 0.3) is 5.91 Å². The zero-order valence-corrected chi connectivity index (χ0v) is 16.9. The number of aryl methyl sites for hydroxylation is 1. The van der Waals surface area contributed by atoms with E-state index in [-0.39, 0.29) is 5.91 Å². The van der Waals surface area contributed by atoms with Gasteiger partial charge in [-0.25, -0.2) is 0 Å². The number of hydrogen-bond donors (Lipinski definition) is 1. The Morgan fingerprint density at radius 1 is 1.11 bits per heavy atom. The molecule has 1 amide bonds. The van der Waals surface area contributed by atoms with Crippen LogP contribution in [0.25, 0.3) is 25.6 Å². The van der Waals surface area contributed by atoms with E-state index in [1.165, 1.54) is 22.7 Å². The van der Waals surface area contributed by atoms with Crippen molar-refractivity contribution in [1.29, 1.82) is 0 Å². The number of benzene rings is 2. The third-order valence-corrected chi connectivity index (χ3v) is 6.88. The van der Waals surface area contributed by atoms with E-state index in [1.807, 2.05) is 55.5 Å². The lowest BCUT2D eigenvalue weighted by molar-refractivity contribution is 0.103. The molecule has 0 spiro atoms. The zero-order valence-electron chi connectivity index (χ0n) is 14.5. The predicted molar refractivity (Wildman–Crippen MR) is 114 cm³/mol. The van der Waals surface area contributed by atoms with Gasteiger partial charge >= 0.3 is 0 Å². The number of hydrogen-bond acceptors (Lipinski definition) is 6. The van der Waals surface area contributed by atoms with Crippen LogP contribution >= 0.6 is 34.3 Å². The molecule has 0 radical (unpaired) electrons. The first-order valence-corrected chi connectivity index (χ1v) is 10.4. The van der Waals surface area contributed by atoms with Crippen LogP contribution in [-0.2, 0) is 0 Å². The topological polar surface area (TPSA) is 72.2 Å². The molecule has 28 heavy (non-hydrogen) atoms. The molecule has 5 rings (SSSR count). The summed E-state index contributed by atoms with van der Waals surface area (Å²) in [6.07, 6.45) is 0. The Balaban J connectivity index is 1.46. The first-order valence-electron chi connectivity index (χ1n) is 8.38. The summed E-state index contributed by atoms with van der Waals surface area (Å²) in [7, 11) is 0. The molecule has 0 fully saturated rings. The van der Waals surface area contributed by atoms with Crippen LogP contribution in [0.4, 0.5) is 5.69 Å². The number of thiophene rings is 1. The maximum absolute atomic E-state index is 12.8. The molecule has 3 heterocycles. The summed E-state index contributed by atoms with van der Waals surface area (Å²) in [5, 5.41) is 17.8. The number of rotatable bonds is 3. The highest BCUT2D eigenvalue weighted by Gasteiger charge is 2.17. The van der Waals surface area contributed by atoms with Crippen LogP contribution in [0.5, 0.6) is 0 Å². The average molecular weight is 426 g/mol. The molecule has 0 saturated carbocycles. The fourth-order valence-electron chi connectivity index (χ4n) is 2.91. The molecule has 0 aliphatic rings. The van der Waals surface area contributed by atoms with Crippen molar-refractivity contribution in [3.8, 4) is 10.6 Å². The minimum atomic E-state index is -0.225. The minimum Gasteiger partial charge on any atom is -0.321 e. The third-order valence-electron chi connectivity index (χ3n) is 4.26. The average Bonchev–Trinajstić information content (AvgIpc) is 3.37. The van der Waals surface area contributed by atoms with Gasteiger partial charge in [0, 0.05) is 21.3 Å². The maximum atomic E-state index is 12.8. The molecule has 2 aromatic carbocycles. The Bertz CT molecular complexity index is 1350. The monoisotopic (exact) mass is 425 g/mol. The number of halogens is 1. The van der Waals surface area contributed by atoms with Crippen LogP contribution < -0.4 is 5.32 Å². The number of aromatic nitrogens is 4. The summed E-state index contributed by atoms with van der Waals surface area (Å²) in [6.45, 7) is 1.86. The molecular formula is C19H12ClN5OS2. The van der Waals surface area contributed by atoms with E-state index in [4.69, 9.17) is 11.6 Å². The van der Waals surface area contributed by atoms with Gasteiger partial charge in [0.1, 0.15) is 9.88 Å². The highest BCUT2D eigenvalue weighted by Crippen LogP contribution is 2.36. The molecule has 5 aromatic rings. The maximum Gasteiger partial charge on any atom is 0.267 e. The summed E-state index contributed by atoms with van der Waals surface area (Å²) in [5.41, 5.74) is 1.58. The molecule has 0 bridgehead atoms. The van der Waals surface area contributed by atoms with Crippen molar-refractivity contribution in [3.05, 3.63) is 64.3 Å². The van der Waals surface area contributed by atoms with Crippen molar-refractivity contribution in [3.63, 3.8) is 0 Å². The van der Waals surface area contributed by atoms with Crippen molar-refractivity contribution >= 4 is 60.9 Å². The lowest BCUT2D eigenvalue weighted by Crippen LogP contribution is -2.10. The van der Waals surface area contributed by atoms with Gasteiger partial charge in [0.2, 0.25) is 4.96 Å². The molecule has 3 aromatic heterocycles. The van der Waals surface area contributed by atoms with Gasteiger partial charge in [0.15, 0.2) is 5.82 Å². The minimum absolute atomic E-state index is 0.225. The Kier molecular flexibility index (Phi) is 4.12. The largest absolute Gasteiger partial charge is 0.321 e. The molecule has 0 saturated heterocycles. The van der Waals surface area contributed by atoms with Crippen molar-refractivity contribution in [2.45, 2.75) is 6.92 Å². The molecular weight excluding hydrogens is 414 g/mol. The quantitative estimate of drug-likeness (QED) is 0.426. The lowest BCUT2D eigenvalue weighted by Gasteiger charge is -2.05. The van der Waals surface area contributed by atoms with E-state index in [2.05, 4.69) is 20.6 Å². The van der Waals surface area contributed by atoms with Gasteiger partial charge in [-0.3, -0.25) is 4.79 Å². The Hall–Kier alpha value is -2.81. The smallest absolute Gasteiger partial charge is 0.267 e. The number of carbonyl (C=O) groups excluding carboxylic acids is 1. The summed E-state index contributed by atoms with van der Waals surface area (Å²) < 4.78 is 2.70. The van der Waals surface area contributed by atoms with Gasteiger partial charge in [-0.05, 0) is 25.1 Å². The summed E-state index contributed by atoms with van der Waals surface area (Å²) >= 11 is 9.25. The van der Waals surface area contributed by atoms with Crippen LogP contribution in [0.2, 0.25) is 5.02 Å². The first kappa shape index (κ1) is 17.3. The molecule has 0 aliphatic heterocycles. The normalized spacial score (nSPS) is 11.4. The Morgan fingerprint density at radius 3 is 2.79 bits per heavy atom. The number of anilines is 1. The fourth-order valence-corrected chi connectivity index (χ4v) is 5.20. The molecule has 1 N–H and O–H groups in total. The van der Waals surface area contributed by atoms with E-state index in [0.29, 0.717) is 15.6 Å². The van der Waals surface area contributed by atoms with Crippen molar-refractivity contribution in [2.75, 3.05) is 5.32 Å². The van der Waals surface area contributed by atoms with Crippen LogP contribution in [-0.4, -0.2) is 25.7 Å². The first-order chi connectivity index (χ1) is 13.6. The van der Waals surface area contributed by atoms with Crippen molar-refractivity contribution in [2.24, 2.45) is 0 Å². The molecule has 6 nitrogen and oxygen atoms in total. The van der Waals surface area contributed by atoms with Gasteiger partial charge < -0.3 is 5.32 Å². The number of fused-ring (bicyclic) bond motifs is 2. The summed E-state index contributed by atoms with van der Waals surface area (Å²) in [6, 6.07) is 15.3. The fraction of sp³-hybridized carbons (Fsp3) is 0.0526. The van der Waals surface area contributed by atoms with E-state index >= 15 is 0 Å². The number of amides is 1. The second kappa shape index (κ2) is 6.66. The van der Waals surface area contributed by atoms with E-state index in [0.717, 1.165) is 31.4 Å². The zero-order chi connectivity index (χ0) is 19.3.